The van der Waals surface area contributed by atoms with Crippen LogP contribution in [0.4, 0.5) is 5.69 Å². The van der Waals surface area contributed by atoms with Crippen molar-refractivity contribution in [1.82, 2.24) is 4.57 Å². The topological polar surface area (TPSA) is 113 Å². The fourth-order valence-corrected chi connectivity index (χ4v) is 5.03. The third-order valence-electron chi connectivity index (χ3n) is 5.34. The highest BCUT2D eigenvalue weighted by molar-refractivity contribution is 7.07. The van der Waals surface area contributed by atoms with E-state index in [-0.39, 0.29) is 24.5 Å². The maximum absolute atomic E-state index is 13.6. The van der Waals surface area contributed by atoms with E-state index in [9.17, 15) is 19.7 Å². The van der Waals surface area contributed by atoms with Gasteiger partial charge in [-0.2, -0.15) is 0 Å². The van der Waals surface area contributed by atoms with Crippen molar-refractivity contribution in [3.8, 4) is 0 Å². The van der Waals surface area contributed by atoms with E-state index in [0.29, 0.717) is 31.2 Å². The Hall–Kier alpha value is -3.60. The number of hydrogen-bond acceptors (Lipinski definition) is 8. The predicted octanol–water partition coefficient (Wildman–Crippen LogP) is 2.99. The second-order valence-corrected chi connectivity index (χ2v) is 9.00. The van der Waals surface area contributed by atoms with E-state index in [1.54, 1.807) is 49.4 Å². The molecule has 1 aliphatic rings. The summed E-state index contributed by atoms with van der Waals surface area (Å²) in [5.74, 6) is -0.624. The summed E-state index contributed by atoms with van der Waals surface area (Å²) >= 11 is 7.62. The van der Waals surface area contributed by atoms with Gasteiger partial charge in [-0.05, 0) is 30.2 Å². The molecule has 0 saturated carbocycles. The van der Waals surface area contributed by atoms with Crippen LogP contribution in [0.3, 0.4) is 0 Å². The molecule has 0 spiro atoms. The largest absolute Gasteiger partial charge is 0.460 e. The number of rotatable bonds is 7. The van der Waals surface area contributed by atoms with Crippen molar-refractivity contribution < 1.29 is 19.2 Å². The number of nitro groups is 1. The molecule has 4 rings (SSSR count). The lowest BCUT2D eigenvalue weighted by Crippen LogP contribution is -2.40. The maximum atomic E-state index is 13.6. The van der Waals surface area contributed by atoms with E-state index < -0.39 is 22.5 Å². The lowest BCUT2D eigenvalue weighted by Gasteiger charge is -2.25. The Morgan fingerprint density at radius 2 is 2.03 bits per heavy atom. The number of esters is 1. The monoisotopic (exact) mass is 513 g/mol. The first-order valence-electron chi connectivity index (χ1n) is 10.5. The Balaban J connectivity index is 1.90. The van der Waals surface area contributed by atoms with E-state index in [1.165, 1.54) is 23.8 Å². The van der Waals surface area contributed by atoms with Crippen LogP contribution >= 0.6 is 22.9 Å². The van der Waals surface area contributed by atoms with E-state index in [1.807, 2.05) is 0 Å². The number of hydrogen-bond donors (Lipinski definition) is 0. The minimum Gasteiger partial charge on any atom is -0.460 e. The van der Waals surface area contributed by atoms with Crippen molar-refractivity contribution in [2.45, 2.75) is 13.0 Å². The smallest absolute Gasteiger partial charge is 0.338 e. The highest BCUT2D eigenvalue weighted by Gasteiger charge is 2.34. The maximum Gasteiger partial charge on any atom is 0.338 e. The Kier molecular flexibility index (Phi) is 7.25. The molecule has 3 aromatic rings. The second kappa shape index (κ2) is 10.3. The van der Waals surface area contributed by atoms with Crippen LogP contribution in [0.25, 0.3) is 6.08 Å². The zero-order valence-corrected chi connectivity index (χ0v) is 20.3. The molecule has 2 aromatic carbocycles. The number of thiazole rings is 1. The zero-order chi connectivity index (χ0) is 25.1. The van der Waals surface area contributed by atoms with E-state index in [0.717, 1.165) is 11.3 Å². The Morgan fingerprint density at radius 3 is 2.74 bits per heavy atom. The van der Waals surface area contributed by atoms with Gasteiger partial charge in [-0.15, -0.1) is 0 Å². The number of allylic oxidation sites excluding steroid dienone is 1. The van der Waals surface area contributed by atoms with Gasteiger partial charge in [0, 0.05) is 24.3 Å². The highest BCUT2D eigenvalue weighted by Crippen LogP contribution is 2.34. The molecular formula is C24H20ClN3O6S. The van der Waals surface area contributed by atoms with Gasteiger partial charge >= 0.3 is 5.97 Å². The Bertz CT molecular complexity index is 1520. The number of halogens is 1. The molecule has 1 atom stereocenters. The van der Waals surface area contributed by atoms with Crippen molar-refractivity contribution in [3.05, 3.63) is 106 Å². The van der Waals surface area contributed by atoms with Gasteiger partial charge in [0.05, 0.1) is 27.3 Å². The molecule has 0 N–H and O–H groups in total. The summed E-state index contributed by atoms with van der Waals surface area (Å²) in [7, 11) is 1.50. The number of benzene rings is 2. The number of aromatic nitrogens is 1. The number of ether oxygens (including phenoxy) is 2. The number of fused-ring (bicyclic) bond motifs is 1. The van der Waals surface area contributed by atoms with Gasteiger partial charge < -0.3 is 9.47 Å². The van der Waals surface area contributed by atoms with Gasteiger partial charge in [0.2, 0.25) is 0 Å². The van der Waals surface area contributed by atoms with Crippen LogP contribution in [0.15, 0.2) is 69.6 Å². The van der Waals surface area contributed by atoms with Gasteiger partial charge in [0.1, 0.15) is 12.6 Å². The predicted molar refractivity (Wildman–Crippen MR) is 131 cm³/mol. The fraction of sp³-hybridized carbons (Fsp3) is 0.208. The van der Waals surface area contributed by atoms with Crippen molar-refractivity contribution in [3.63, 3.8) is 0 Å². The molecule has 1 aliphatic heterocycles. The Labute approximate surface area is 208 Å². The number of nitrogens with zero attached hydrogens (tertiary/aromatic N) is 3. The second-order valence-electron chi connectivity index (χ2n) is 7.58. The van der Waals surface area contributed by atoms with Gasteiger partial charge in [0.15, 0.2) is 4.80 Å². The molecule has 1 unspecified atom stereocenters. The number of carbonyl (C=O) groups excluding carboxylic acids is 1. The van der Waals surface area contributed by atoms with Crippen LogP contribution in [-0.2, 0) is 14.3 Å². The molecule has 35 heavy (non-hydrogen) atoms. The Morgan fingerprint density at radius 1 is 1.26 bits per heavy atom. The molecule has 9 nitrogen and oxygen atoms in total. The normalized spacial score (nSPS) is 15.5. The molecule has 0 fully saturated rings. The average Bonchev–Trinajstić information content (AvgIpc) is 3.13. The first-order chi connectivity index (χ1) is 16.8. The van der Waals surface area contributed by atoms with Crippen LogP contribution < -0.4 is 14.9 Å². The van der Waals surface area contributed by atoms with Crippen LogP contribution in [0.1, 0.15) is 24.1 Å². The van der Waals surface area contributed by atoms with Crippen molar-refractivity contribution in [1.29, 1.82) is 0 Å². The molecule has 1 aromatic heterocycles. The molecule has 0 radical (unpaired) electrons. The minimum absolute atomic E-state index is 0.0402. The summed E-state index contributed by atoms with van der Waals surface area (Å²) < 4.78 is 12.0. The first kappa shape index (κ1) is 24.5. The number of methoxy groups -OCH3 is 1. The molecule has 0 aliphatic carbocycles. The lowest BCUT2D eigenvalue weighted by atomic mass is 9.96. The average molecular weight is 514 g/mol. The first-order valence-corrected chi connectivity index (χ1v) is 11.7. The van der Waals surface area contributed by atoms with Crippen LogP contribution in [0, 0.1) is 10.1 Å². The molecular weight excluding hydrogens is 494 g/mol. The van der Waals surface area contributed by atoms with Gasteiger partial charge in [-0.25, -0.2) is 9.79 Å². The van der Waals surface area contributed by atoms with E-state index in [2.05, 4.69) is 4.99 Å². The quantitative estimate of drug-likeness (QED) is 0.208. The summed E-state index contributed by atoms with van der Waals surface area (Å²) in [4.78, 5) is 42.2. The fourth-order valence-electron chi connectivity index (χ4n) is 3.75. The number of carbonyl (C=O) groups is 1. The van der Waals surface area contributed by atoms with Gasteiger partial charge in [0.25, 0.3) is 11.2 Å². The van der Waals surface area contributed by atoms with E-state index >= 15 is 0 Å². The van der Waals surface area contributed by atoms with Crippen LogP contribution in [0.5, 0.6) is 0 Å². The molecule has 180 valence electrons. The molecule has 0 saturated heterocycles. The molecule has 0 bridgehead atoms. The summed E-state index contributed by atoms with van der Waals surface area (Å²) in [5.41, 5.74) is 1.15. The molecule has 2 heterocycles. The SMILES string of the molecule is COCCOC(=O)C1=C(C)N=c2s/c(=C\c3cccc([N+](=O)[O-])c3)c(=O)n2C1c1ccccc1Cl. The van der Waals surface area contributed by atoms with Crippen molar-refractivity contribution >= 4 is 40.7 Å². The molecule has 0 amide bonds. The zero-order valence-electron chi connectivity index (χ0n) is 18.8. The number of non-ortho nitro benzene ring substituents is 1. The lowest BCUT2D eigenvalue weighted by molar-refractivity contribution is -0.384. The summed E-state index contributed by atoms with van der Waals surface area (Å²) in [6, 6.07) is 12.1. The van der Waals surface area contributed by atoms with Gasteiger partial charge in [-0.3, -0.25) is 19.5 Å². The van der Waals surface area contributed by atoms with Crippen LogP contribution in [0.2, 0.25) is 5.02 Å². The molecule has 11 heteroatoms. The summed E-state index contributed by atoms with van der Waals surface area (Å²) in [5, 5.41) is 11.5. The standard InChI is InChI=1S/C24H20ClN3O6S/c1-14-20(23(30)34-11-10-33-2)21(17-8-3-4-9-18(17)25)27-22(29)19(35-24(27)26-14)13-15-6-5-7-16(12-15)28(31)32/h3-9,12-13,21H,10-11H2,1-2H3/b19-13-. The van der Waals surface area contributed by atoms with Crippen molar-refractivity contribution in [2.24, 2.45) is 4.99 Å². The highest BCUT2D eigenvalue weighted by atomic mass is 35.5. The van der Waals surface area contributed by atoms with Gasteiger partial charge in [-0.1, -0.05) is 53.3 Å². The minimum atomic E-state index is -0.859. The summed E-state index contributed by atoms with van der Waals surface area (Å²) in [6.07, 6.45) is 1.57. The summed E-state index contributed by atoms with van der Waals surface area (Å²) in [6.45, 7) is 1.94. The number of nitro benzene ring substituents is 1. The van der Waals surface area contributed by atoms with E-state index in [4.69, 9.17) is 21.1 Å². The third-order valence-corrected chi connectivity index (χ3v) is 6.67. The van der Waals surface area contributed by atoms with Crippen LogP contribution in [-0.4, -0.2) is 35.8 Å². The third kappa shape index (κ3) is 4.95. The van der Waals surface area contributed by atoms with Crippen molar-refractivity contribution in [2.75, 3.05) is 20.3 Å².